The van der Waals surface area contributed by atoms with E-state index >= 15 is 0 Å². The van der Waals surface area contributed by atoms with Gasteiger partial charge in [0.05, 0.1) is 6.54 Å². The standard InChI is InChI=1S/C20H36N4.HI/c1-5-21-20(23-17-19-13-11-18(2)12-14-19)22-15-9-7-6-8-10-16-24(3)4;/h11-14H,5-10,15-17H2,1-4H3,(H2,21,22,23);1H. The second kappa shape index (κ2) is 15.4. The molecule has 0 heterocycles. The van der Waals surface area contributed by atoms with Crippen LogP contribution in [0.3, 0.4) is 0 Å². The highest BCUT2D eigenvalue weighted by Gasteiger charge is 1.98. The number of hydrogen-bond acceptors (Lipinski definition) is 2. The third kappa shape index (κ3) is 13.1. The van der Waals surface area contributed by atoms with Gasteiger partial charge in [-0.15, -0.1) is 24.0 Å². The minimum atomic E-state index is 0. The van der Waals surface area contributed by atoms with E-state index in [4.69, 9.17) is 0 Å². The lowest BCUT2D eigenvalue weighted by molar-refractivity contribution is 0.389. The van der Waals surface area contributed by atoms with E-state index in [-0.39, 0.29) is 24.0 Å². The van der Waals surface area contributed by atoms with Crippen molar-refractivity contribution < 1.29 is 0 Å². The van der Waals surface area contributed by atoms with Crippen molar-refractivity contribution in [2.45, 2.75) is 52.5 Å². The molecule has 0 unspecified atom stereocenters. The van der Waals surface area contributed by atoms with E-state index in [0.717, 1.165) is 25.6 Å². The molecule has 0 amide bonds. The topological polar surface area (TPSA) is 39.7 Å². The van der Waals surface area contributed by atoms with Crippen molar-refractivity contribution in [3.8, 4) is 0 Å². The van der Waals surface area contributed by atoms with E-state index in [2.05, 4.69) is 72.7 Å². The van der Waals surface area contributed by atoms with E-state index in [1.165, 1.54) is 49.8 Å². The van der Waals surface area contributed by atoms with Crippen molar-refractivity contribution in [2.24, 2.45) is 4.99 Å². The maximum Gasteiger partial charge on any atom is 0.191 e. The minimum Gasteiger partial charge on any atom is -0.357 e. The molecule has 2 N–H and O–H groups in total. The lowest BCUT2D eigenvalue weighted by Crippen LogP contribution is -2.37. The largest absolute Gasteiger partial charge is 0.357 e. The van der Waals surface area contributed by atoms with Crippen LogP contribution in [-0.2, 0) is 6.54 Å². The Hall–Kier alpha value is -0.820. The van der Waals surface area contributed by atoms with Crippen molar-refractivity contribution >= 4 is 29.9 Å². The fourth-order valence-corrected chi connectivity index (χ4v) is 2.50. The average Bonchev–Trinajstić information content (AvgIpc) is 2.56. The highest BCUT2D eigenvalue weighted by atomic mass is 127. The third-order valence-electron chi connectivity index (χ3n) is 3.96. The van der Waals surface area contributed by atoms with E-state index in [1.807, 2.05) is 0 Å². The predicted octanol–water partition coefficient (Wildman–Crippen LogP) is 4.18. The molecule has 0 aliphatic rings. The highest BCUT2D eigenvalue weighted by molar-refractivity contribution is 14.0. The number of benzene rings is 1. The van der Waals surface area contributed by atoms with Crippen LogP contribution in [-0.4, -0.2) is 44.6 Å². The van der Waals surface area contributed by atoms with Gasteiger partial charge >= 0.3 is 0 Å². The van der Waals surface area contributed by atoms with Crippen molar-refractivity contribution in [1.82, 2.24) is 15.5 Å². The van der Waals surface area contributed by atoms with Crippen molar-refractivity contribution in [3.63, 3.8) is 0 Å². The summed E-state index contributed by atoms with van der Waals surface area (Å²) in [5, 5.41) is 6.76. The molecular weight excluding hydrogens is 423 g/mol. The van der Waals surface area contributed by atoms with E-state index in [0.29, 0.717) is 0 Å². The van der Waals surface area contributed by atoms with Crippen LogP contribution < -0.4 is 10.6 Å². The monoisotopic (exact) mass is 460 g/mol. The molecule has 1 rings (SSSR count). The molecule has 0 aliphatic heterocycles. The number of nitrogens with zero attached hydrogens (tertiary/aromatic N) is 2. The second-order valence-corrected chi connectivity index (χ2v) is 6.68. The summed E-state index contributed by atoms with van der Waals surface area (Å²) in [4.78, 5) is 6.93. The Labute approximate surface area is 171 Å². The summed E-state index contributed by atoms with van der Waals surface area (Å²) < 4.78 is 0. The summed E-state index contributed by atoms with van der Waals surface area (Å²) in [6.07, 6.45) is 6.46. The van der Waals surface area contributed by atoms with Gasteiger partial charge in [-0.05, 0) is 52.9 Å². The van der Waals surface area contributed by atoms with Gasteiger partial charge in [0.1, 0.15) is 0 Å². The zero-order valence-corrected chi connectivity index (χ0v) is 18.8. The van der Waals surface area contributed by atoms with Gasteiger partial charge in [0.25, 0.3) is 0 Å². The molecule has 1 aromatic rings. The molecule has 0 saturated heterocycles. The van der Waals surface area contributed by atoms with Crippen molar-refractivity contribution in [3.05, 3.63) is 35.4 Å². The summed E-state index contributed by atoms with van der Waals surface area (Å²) >= 11 is 0. The normalized spacial score (nSPS) is 11.3. The van der Waals surface area contributed by atoms with Crippen LogP contribution in [0.15, 0.2) is 29.3 Å². The summed E-state index contributed by atoms with van der Waals surface area (Å²) in [7, 11) is 4.28. The lowest BCUT2D eigenvalue weighted by Gasteiger charge is -2.11. The Morgan fingerprint density at radius 2 is 1.60 bits per heavy atom. The third-order valence-corrected chi connectivity index (χ3v) is 3.96. The van der Waals surface area contributed by atoms with Gasteiger partial charge < -0.3 is 15.5 Å². The Kier molecular flexibility index (Phi) is 14.9. The van der Waals surface area contributed by atoms with Gasteiger partial charge in [-0.3, -0.25) is 0 Å². The van der Waals surface area contributed by atoms with Crippen LogP contribution in [0.5, 0.6) is 0 Å². The van der Waals surface area contributed by atoms with Crippen LogP contribution in [0, 0.1) is 6.92 Å². The quantitative estimate of drug-likeness (QED) is 0.225. The molecule has 0 saturated carbocycles. The number of aryl methyl sites for hydroxylation is 1. The molecule has 25 heavy (non-hydrogen) atoms. The zero-order chi connectivity index (χ0) is 17.6. The number of hydrogen-bond donors (Lipinski definition) is 2. The van der Waals surface area contributed by atoms with Crippen LogP contribution in [0.1, 0.15) is 50.2 Å². The number of unbranched alkanes of at least 4 members (excludes halogenated alkanes) is 4. The molecule has 1 aromatic carbocycles. The van der Waals surface area contributed by atoms with Crippen LogP contribution >= 0.6 is 24.0 Å². The Bertz CT molecular complexity index is 457. The maximum atomic E-state index is 4.67. The van der Waals surface area contributed by atoms with Gasteiger partial charge in [-0.2, -0.15) is 0 Å². The van der Waals surface area contributed by atoms with Crippen LogP contribution in [0.4, 0.5) is 0 Å². The molecule has 0 fully saturated rings. The number of halogens is 1. The average molecular weight is 460 g/mol. The Morgan fingerprint density at radius 3 is 2.24 bits per heavy atom. The van der Waals surface area contributed by atoms with Crippen molar-refractivity contribution in [1.29, 1.82) is 0 Å². The first-order valence-electron chi connectivity index (χ1n) is 9.34. The van der Waals surface area contributed by atoms with E-state index in [1.54, 1.807) is 0 Å². The highest BCUT2D eigenvalue weighted by Crippen LogP contribution is 2.05. The fraction of sp³-hybridized carbons (Fsp3) is 0.650. The number of nitrogens with one attached hydrogen (secondary N) is 2. The fourth-order valence-electron chi connectivity index (χ4n) is 2.50. The molecule has 0 atom stereocenters. The summed E-state index contributed by atoms with van der Waals surface area (Å²) in [6, 6.07) is 8.58. The van der Waals surface area contributed by atoms with Gasteiger partial charge in [0, 0.05) is 13.1 Å². The lowest BCUT2D eigenvalue weighted by atomic mass is 10.1. The SMILES string of the molecule is CCNC(=NCc1ccc(C)cc1)NCCCCCCCN(C)C.I. The first kappa shape index (κ1) is 24.2. The molecular formula is C20H37IN4. The van der Waals surface area contributed by atoms with Crippen LogP contribution in [0.25, 0.3) is 0 Å². The number of guanidine groups is 1. The molecule has 0 spiro atoms. The summed E-state index contributed by atoms with van der Waals surface area (Å²) in [6.45, 7) is 8.03. The van der Waals surface area contributed by atoms with Crippen molar-refractivity contribution in [2.75, 3.05) is 33.7 Å². The number of aliphatic imine (C=N–C) groups is 1. The van der Waals surface area contributed by atoms with Gasteiger partial charge in [-0.1, -0.05) is 49.1 Å². The molecule has 4 nitrogen and oxygen atoms in total. The minimum absolute atomic E-state index is 0. The Balaban J connectivity index is 0.00000576. The molecule has 144 valence electrons. The Morgan fingerprint density at radius 1 is 0.960 bits per heavy atom. The molecule has 0 aliphatic carbocycles. The molecule has 5 heteroatoms. The molecule has 0 radical (unpaired) electrons. The molecule has 0 bridgehead atoms. The first-order valence-corrected chi connectivity index (χ1v) is 9.34. The van der Waals surface area contributed by atoms with Gasteiger partial charge in [0.2, 0.25) is 0 Å². The summed E-state index contributed by atoms with van der Waals surface area (Å²) in [5.41, 5.74) is 2.54. The first-order chi connectivity index (χ1) is 11.6. The van der Waals surface area contributed by atoms with E-state index < -0.39 is 0 Å². The maximum absolute atomic E-state index is 4.67. The van der Waals surface area contributed by atoms with Crippen LogP contribution in [0.2, 0.25) is 0 Å². The zero-order valence-electron chi connectivity index (χ0n) is 16.5. The van der Waals surface area contributed by atoms with E-state index in [9.17, 15) is 0 Å². The number of rotatable bonds is 11. The van der Waals surface area contributed by atoms with Gasteiger partial charge in [0.15, 0.2) is 5.96 Å². The summed E-state index contributed by atoms with van der Waals surface area (Å²) in [5.74, 6) is 0.922. The predicted molar refractivity (Wildman–Crippen MR) is 121 cm³/mol. The molecule has 0 aromatic heterocycles. The smallest absolute Gasteiger partial charge is 0.191 e. The van der Waals surface area contributed by atoms with Gasteiger partial charge in [-0.25, -0.2) is 4.99 Å². The second-order valence-electron chi connectivity index (χ2n) is 6.68.